The smallest absolute Gasteiger partial charge is 0.416 e. The summed E-state index contributed by atoms with van der Waals surface area (Å²) in [5.74, 6) is -0.590. The van der Waals surface area contributed by atoms with Gasteiger partial charge in [-0.3, -0.25) is 4.79 Å². The predicted octanol–water partition coefficient (Wildman–Crippen LogP) is 6.58. The lowest BCUT2D eigenvalue weighted by Crippen LogP contribution is -2.11. The van der Waals surface area contributed by atoms with Gasteiger partial charge in [0.2, 0.25) is 0 Å². The molecular formula is C24H20BrF6NO4. The van der Waals surface area contributed by atoms with Crippen molar-refractivity contribution in [2.24, 2.45) is 5.73 Å². The minimum atomic E-state index is -4.92. The second-order valence-corrected chi connectivity index (χ2v) is 7.89. The van der Waals surface area contributed by atoms with E-state index in [2.05, 4.69) is 15.9 Å². The Labute approximate surface area is 210 Å². The summed E-state index contributed by atoms with van der Waals surface area (Å²) in [6.07, 6.45) is -9.02. The van der Waals surface area contributed by atoms with Crippen molar-refractivity contribution in [1.29, 1.82) is 0 Å². The second-order valence-electron chi connectivity index (χ2n) is 6.97. The Morgan fingerprint density at radius 2 is 1.33 bits per heavy atom. The molecule has 0 aromatic heterocycles. The first-order valence-electron chi connectivity index (χ1n) is 9.89. The Hall–Kier alpha value is -3.38. The van der Waals surface area contributed by atoms with Crippen molar-refractivity contribution in [3.05, 3.63) is 99.0 Å². The average Bonchev–Trinajstić information content (AvgIpc) is 2.80. The number of halogens is 7. The Morgan fingerprint density at radius 3 is 1.69 bits per heavy atom. The van der Waals surface area contributed by atoms with Crippen molar-refractivity contribution >= 4 is 28.2 Å². The Kier molecular flexibility index (Phi) is 11.6. The van der Waals surface area contributed by atoms with Crippen LogP contribution in [0.5, 0.6) is 5.75 Å². The maximum Gasteiger partial charge on any atom is 0.416 e. The van der Waals surface area contributed by atoms with Gasteiger partial charge in [0.15, 0.2) is 0 Å². The summed E-state index contributed by atoms with van der Waals surface area (Å²) in [7, 11) is 0. The first-order valence-corrected chi connectivity index (χ1v) is 10.7. The van der Waals surface area contributed by atoms with E-state index in [1.807, 2.05) is 12.1 Å². The monoisotopic (exact) mass is 579 g/mol. The number of benzene rings is 3. The molecule has 0 fully saturated rings. The third-order valence-electron chi connectivity index (χ3n) is 4.21. The van der Waals surface area contributed by atoms with Gasteiger partial charge in [-0.2, -0.15) is 26.3 Å². The second kappa shape index (κ2) is 13.6. The molecule has 0 aliphatic carbocycles. The highest BCUT2D eigenvalue weighted by atomic mass is 79.9. The van der Waals surface area contributed by atoms with Gasteiger partial charge in [-0.1, -0.05) is 28.1 Å². The lowest BCUT2D eigenvalue weighted by Gasteiger charge is -2.12. The van der Waals surface area contributed by atoms with Crippen molar-refractivity contribution in [3.63, 3.8) is 0 Å². The molecule has 0 spiro atoms. The predicted molar refractivity (Wildman–Crippen MR) is 124 cm³/mol. The summed E-state index contributed by atoms with van der Waals surface area (Å²) in [5, 5.41) is 17.4. The largest absolute Gasteiger partial charge is 0.508 e. The lowest BCUT2D eigenvalue weighted by molar-refractivity contribution is -0.143. The van der Waals surface area contributed by atoms with Crippen molar-refractivity contribution in [2.45, 2.75) is 18.8 Å². The molecule has 0 saturated heterocycles. The molecule has 0 aliphatic rings. The number of alkyl halides is 6. The van der Waals surface area contributed by atoms with Gasteiger partial charge in [0, 0.05) is 10.0 Å². The number of aromatic carboxylic acids is 1. The fourth-order valence-electron chi connectivity index (χ4n) is 2.47. The van der Waals surface area contributed by atoms with E-state index in [1.54, 1.807) is 36.4 Å². The number of aldehydes is 1. The highest BCUT2D eigenvalue weighted by Crippen LogP contribution is 2.35. The number of carbonyl (C=O) groups excluding carboxylic acids is 1. The van der Waals surface area contributed by atoms with Gasteiger partial charge in [-0.15, -0.1) is 0 Å². The first kappa shape index (κ1) is 30.7. The molecular weight excluding hydrogens is 560 g/mol. The van der Waals surface area contributed by atoms with Crippen LogP contribution in [0.4, 0.5) is 26.3 Å². The van der Waals surface area contributed by atoms with E-state index in [4.69, 9.17) is 15.9 Å². The van der Waals surface area contributed by atoms with Crippen LogP contribution in [-0.2, 0) is 18.8 Å². The number of hydrogen-bond donors (Lipinski definition) is 3. The highest BCUT2D eigenvalue weighted by Gasteiger charge is 2.36. The molecule has 0 heterocycles. The summed E-state index contributed by atoms with van der Waals surface area (Å²) >= 11 is 3.20. The summed E-state index contributed by atoms with van der Waals surface area (Å²) in [5.41, 5.74) is 3.16. The van der Waals surface area contributed by atoms with Gasteiger partial charge >= 0.3 is 18.3 Å². The van der Waals surface area contributed by atoms with E-state index in [-0.39, 0.29) is 12.4 Å². The van der Waals surface area contributed by atoms with Crippen LogP contribution < -0.4 is 5.73 Å². The van der Waals surface area contributed by atoms with E-state index >= 15 is 0 Å². The molecule has 4 N–H and O–H groups in total. The van der Waals surface area contributed by atoms with Crippen LogP contribution in [0.1, 0.15) is 37.4 Å². The average molecular weight is 580 g/mol. The van der Waals surface area contributed by atoms with E-state index in [9.17, 15) is 35.9 Å². The van der Waals surface area contributed by atoms with E-state index in [0.717, 1.165) is 10.9 Å². The van der Waals surface area contributed by atoms with Gasteiger partial charge < -0.3 is 15.9 Å². The maximum atomic E-state index is 12.2. The zero-order valence-corrected chi connectivity index (χ0v) is 19.9. The molecule has 0 aliphatic heterocycles. The number of aromatic hydroxyl groups is 1. The summed E-state index contributed by atoms with van der Waals surface area (Å²) in [6, 6.07) is 14.3. The van der Waals surface area contributed by atoms with Crippen LogP contribution in [-0.4, -0.2) is 29.0 Å². The van der Waals surface area contributed by atoms with Crippen molar-refractivity contribution in [3.8, 4) is 5.75 Å². The zero-order chi connectivity index (χ0) is 27.5. The Morgan fingerprint density at radius 1 is 0.861 bits per heavy atom. The van der Waals surface area contributed by atoms with E-state index in [0.29, 0.717) is 30.0 Å². The minimum absolute atomic E-state index is 0.0347. The molecule has 3 aromatic rings. The van der Waals surface area contributed by atoms with Crippen LogP contribution in [0.25, 0.3) is 0 Å². The van der Waals surface area contributed by atoms with Gasteiger partial charge in [-0.05, 0) is 73.1 Å². The first-order chi connectivity index (χ1) is 16.7. The van der Waals surface area contributed by atoms with E-state index < -0.39 is 35.0 Å². The SMILES string of the molecule is NCCc1ccc(O)cc1.O=C(O)c1ccc(Br)cc1.O=Cc1cc(C(F)(F)F)cc(C(F)(F)F)c1. The molecule has 0 radical (unpaired) electrons. The standard InChI is InChI=1S/C9H4F6O.C8H11NO.C7H5BrO2/c10-8(11,12)6-1-5(4-16)2-7(3-6)9(13,14)15;9-6-5-7-1-3-8(10)4-2-7;8-6-3-1-5(2-4-6)7(9)10/h1-4H;1-4,10H,5-6,9H2;1-4H,(H,9,10). The summed E-state index contributed by atoms with van der Waals surface area (Å²) < 4.78 is 74.0. The number of rotatable bonds is 4. The molecule has 194 valence electrons. The molecule has 0 saturated carbocycles. The van der Waals surface area contributed by atoms with Crippen molar-refractivity contribution < 1.29 is 46.1 Å². The van der Waals surface area contributed by atoms with Gasteiger partial charge in [0.1, 0.15) is 12.0 Å². The van der Waals surface area contributed by atoms with Gasteiger partial charge in [-0.25, -0.2) is 4.79 Å². The van der Waals surface area contributed by atoms with E-state index in [1.165, 1.54) is 5.56 Å². The maximum absolute atomic E-state index is 12.2. The summed E-state index contributed by atoms with van der Waals surface area (Å²) in [4.78, 5) is 20.5. The molecule has 5 nitrogen and oxygen atoms in total. The highest BCUT2D eigenvalue weighted by molar-refractivity contribution is 9.10. The molecule has 0 unspecified atom stereocenters. The van der Waals surface area contributed by atoms with Crippen LogP contribution in [0, 0.1) is 0 Å². The van der Waals surface area contributed by atoms with Gasteiger partial charge in [0.25, 0.3) is 0 Å². The van der Waals surface area contributed by atoms with Gasteiger partial charge in [0.05, 0.1) is 16.7 Å². The molecule has 12 heteroatoms. The number of hydrogen-bond acceptors (Lipinski definition) is 4. The van der Waals surface area contributed by atoms with Crippen molar-refractivity contribution in [1.82, 2.24) is 0 Å². The van der Waals surface area contributed by atoms with Crippen LogP contribution in [0.15, 0.2) is 71.2 Å². The minimum Gasteiger partial charge on any atom is -0.508 e. The van der Waals surface area contributed by atoms with Crippen LogP contribution in [0.3, 0.4) is 0 Å². The fourth-order valence-corrected chi connectivity index (χ4v) is 2.73. The quantitative estimate of drug-likeness (QED) is 0.239. The van der Waals surface area contributed by atoms with Crippen LogP contribution in [0.2, 0.25) is 0 Å². The molecule has 3 rings (SSSR count). The number of phenols is 1. The van der Waals surface area contributed by atoms with Crippen LogP contribution >= 0.6 is 15.9 Å². The molecule has 36 heavy (non-hydrogen) atoms. The number of carbonyl (C=O) groups is 2. The number of phenolic OH excluding ortho intramolecular Hbond substituents is 1. The third kappa shape index (κ3) is 10.9. The topological polar surface area (TPSA) is 101 Å². The lowest BCUT2D eigenvalue weighted by atomic mass is 10.1. The molecule has 3 aromatic carbocycles. The Bertz CT molecular complexity index is 1100. The number of carboxylic acids is 1. The third-order valence-corrected chi connectivity index (χ3v) is 4.74. The Balaban J connectivity index is 0.000000282. The summed E-state index contributed by atoms with van der Waals surface area (Å²) in [6.45, 7) is 0.658. The van der Waals surface area contributed by atoms with Crippen molar-refractivity contribution in [2.75, 3.05) is 6.54 Å². The molecule has 0 atom stereocenters. The normalized spacial score (nSPS) is 10.9. The number of carboxylic acid groups (broad SMARTS) is 1. The zero-order valence-electron chi connectivity index (χ0n) is 18.3. The number of nitrogens with two attached hydrogens (primary N) is 1. The molecule has 0 bridgehead atoms. The molecule has 0 amide bonds. The fraction of sp³-hybridized carbons (Fsp3) is 0.167.